The number of anilines is 1. The molecule has 0 bridgehead atoms. The molecule has 1 aromatic heterocycles. The van der Waals surface area contributed by atoms with E-state index in [2.05, 4.69) is 20.7 Å². The van der Waals surface area contributed by atoms with Crippen LogP contribution in [0.15, 0.2) is 18.2 Å². The van der Waals surface area contributed by atoms with Crippen molar-refractivity contribution >= 4 is 16.7 Å². The number of hydrogen-bond acceptors (Lipinski definition) is 5. The lowest BCUT2D eigenvalue weighted by atomic mass is 10.1. The number of benzene rings is 1. The number of hydrogen-bond donors (Lipinski definition) is 1. The zero-order valence-corrected chi connectivity index (χ0v) is 11.3. The summed E-state index contributed by atoms with van der Waals surface area (Å²) in [5.74, 6) is 1.82. The number of aryl methyl sites for hydroxylation is 1. The zero-order valence-electron chi connectivity index (χ0n) is 10.4. The monoisotopic (exact) mass is 261 g/mol. The van der Waals surface area contributed by atoms with E-state index in [1.54, 1.807) is 7.11 Å². The average Bonchev–Trinajstić information content (AvgIpc) is 2.97. The molecule has 0 radical (unpaired) electrons. The van der Waals surface area contributed by atoms with Crippen LogP contribution < -0.4 is 10.1 Å². The highest BCUT2D eigenvalue weighted by Crippen LogP contribution is 2.38. The van der Waals surface area contributed by atoms with Crippen LogP contribution in [0.25, 0.3) is 0 Å². The fourth-order valence-corrected chi connectivity index (χ4v) is 3.09. The predicted molar refractivity (Wildman–Crippen MR) is 72.3 cm³/mol. The second kappa shape index (κ2) is 4.57. The fraction of sp³-hybridized carbons (Fsp3) is 0.385. The second-order valence-electron chi connectivity index (χ2n) is 4.41. The molecule has 1 aliphatic rings. The maximum absolute atomic E-state index is 5.41. The van der Waals surface area contributed by atoms with Gasteiger partial charge in [-0.25, -0.2) is 4.98 Å². The molecule has 0 saturated carbocycles. The Bertz CT molecular complexity index is 567. The Hall–Kier alpha value is -1.62. The maximum atomic E-state index is 5.41. The Morgan fingerprint density at radius 2 is 2.33 bits per heavy atom. The van der Waals surface area contributed by atoms with E-state index in [1.165, 1.54) is 22.7 Å². The third-order valence-electron chi connectivity index (χ3n) is 3.27. The van der Waals surface area contributed by atoms with Crippen molar-refractivity contribution in [3.63, 3.8) is 0 Å². The summed E-state index contributed by atoms with van der Waals surface area (Å²) in [4.78, 5) is 4.35. The van der Waals surface area contributed by atoms with Crippen molar-refractivity contribution in [2.24, 2.45) is 0 Å². The Morgan fingerprint density at radius 1 is 1.44 bits per heavy atom. The van der Waals surface area contributed by atoms with Crippen LogP contribution in [-0.4, -0.2) is 16.5 Å². The van der Waals surface area contributed by atoms with Gasteiger partial charge in [0.2, 0.25) is 5.13 Å². The molecule has 1 aliphatic carbocycles. The SMILES string of the molecule is COc1cccc2c1CC[C@@H]2Nc1nc(C)ns1. The van der Waals surface area contributed by atoms with Crippen molar-refractivity contribution in [1.29, 1.82) is 0 Å². The van der Waals surface area contributed by atoms with E-state index in [-0.39, 0.29) is 0 Å². The summed E-state index contributed by atoms with van der Waals surface area (Å²) in [6.45, 7) is 1.91. The quantitative estimate of drug-likeness (QED) is 0.922. The molecule has 18 heavy (non-hydrogen) atoms. The standard InChI is InChI=1S/C13H15N3OS/c1-8-14-13(18-16-8)15-11-7-6-10-9(11)4-3-5-12(10)17-2/h3-5,11H,6-7H2,1-2H3,(H,14,15,16)/t11-/m0/s1. The molecule has 1 aromatic carbocycles. The van der Waals surface area contributed by atoms with Gasteiger partial charge in [0.05, 0.1) is 13.2 Å². The molecule has 0 unspecified atom stereocenters. The molecule has 5 heteroatoms. The molecule has 1 N–H and O–H groups in total. The lowest BCUT2D eigenvalue weighted by molar-refractivity contribution is 0.410. The van der Waals surface area contributed by atoms with Crippen molar-refractivity contribution in [2.75, 3.05) is 12.4 Å². The van der Waals surface area contributed by atoms with Crippen LogP contribution in [0.2, 0.25) is 0 Å². The van der Waals surface area contributed by atoms with Crippen molar-refractivity contribution in [3.05, 3.63) is 35.2 Å². The molecule has 3 rings (SSSR count). The first-order valence-corrected chi connectivity index (χ1v) is 6.78. The van der Waals surface area contributed by atoms with Gasteiger partial charge in [0, 0.05) is 11.5 Å². The molecule has 0 spiro atoms. The van der Waals surface area contributed by atoms with Crippen molar-refractivity contribution in [2.45, 2.75) is 25.8 Å². The minimum Gasteiger partial charge on any atom is -0.496 e. The van der Waals surface area contributed by atoms with Crippen molar-refractivity contribution < 1.29 is 4.74 Å². The molecule has 1 atom stereocenters. The van der Waals surface area contributed by atoms with E-state index >= 15 is 0 Å². The van der Waals surface area contributed by atoms with Crippen molar-refractivity contribution in [3.8, 4) is 5.75 Å². The van der Waals surface area contributed by atoms with Gasteiger partial charge in [-0.05, 0) is 37.0 Å². The average molecular weight is 261 g/mol. The molecule has 94 valence electrons. The minimum atomic E-state index is 0.322. The summed E-state index contributed by atoms with van der Waals surface area (Å²) >= 11 is 1.42. The first-order valence-electron chi connectivity index (χ1n) is 6.00. The summed E-state index contributed by atoms with van der Waals surface area (Å²) in [5.41, 5.74) is 2.64. The van der Waals surface area contributed by atoms with Crippen LogP contribution in [0, 0.1) is 6.92 Å². The van der Waals surface area contributed by atoms with Crippen LogP contribution in [-0.2, 0) is 6.42 Å². The van der Waals surface area contributed by atoms with Gasteiger partial charge in [0.25, 0.3) is 0 Å². The number of fused-ring (bicyclic) bond motifs is 1. The Kier molecular flexibility index (Phi) is 2.91. The molecule has 0 saturated heterocycles. The van der Waals surface area contributed by atoms with Crippen LogP contribution in [0.4, 0.5) is 5.13 Å². The first kappa shape index (κ1) is 11.5. The first-order chi connectivity index (χ1) is 8.78. The third-order valence-corrected chi connectivity index (χ3v) is 4.01. The summed E-state index contributed by atoms with van der Waals surface area (Å²) in [5, 5.41) is 4.35. The third kappa shape index (κ3) is 1.95. The molecule has 4 nitrogen and oxygen atoms in total. The fourth-order valence-electron chi connectivity index (χ4n) is 2.47. The van der Waals surface area contributed by atoms with Crippen LogP contribution >= 0.6 is 11.5 Å². The molecular weight excluding hydrogens is 246 g/mol. The van der Waals surface area contributed by atoms with E-state index in [0.29, 0.717) is 6.04 Å². The van der Waals surface area contributed by atoms with Gasteiger partial charge in [-0.15, -0.1) is 0 Å². The van der Waals surface area contributed by atoms with Crippen LogP contribution in [0.3, 0.4) is 0 Å². The largest absolute Gasteiger partial charge is 0.496 e. The van der Waals surface area contributed by atoms with E-state index in [4.69, 9.17) is 4.74 Å². The Balaban J connectivity index is 1.86. The van der Waals surface area contributed by atoms with Gasteiger partial charge in [-0.3, -0.25) is 0 Å². The summed E-state index contributed by atoms with van der Waals surface area (Å²) in [6.07, 6.45) is 2.13. The number of methoxy groups -OCH3 is 1. The molecule has 0 aliphatic heterocycles. The number of aromatic nitrogens is 2. The lowest BCUT2D eigenvalue weighted by Crippen LogP contribution is -2.06. The van der Waals surface area contributed by atoms with Gasteiger partial charge in [0.1, 0.15) is 11.6 Å². The van der Waals surface area contributed by atoms with Crippen molar-refractivity contribution in [1.82, 2.24) is 9.36 Å². The molecular formula is C13H15N3OS. The number of ether oxygens (including phenoxy) is 1. The summed E-state index contributed by atoms with van der Waals surface area (Å²) < 4.78 is 9.60. The molecule has 2 aromatic rings. The van der Waals surface area contributed by atoms with Crippen LogP contribution in [0.5, 0.6) is 5.75 Å². The Labute approximate surface area is 110 Å². The molecule has 0 amide bonds. The minimum absolute atomic E-state index is 0.322. The highest BCUT2D eigenvalue weighted by Gasteiger charge is 2.25. The molecule has 1 heterocycles. The smallest absolute Gasteiger partial charge is 0.203 e. The van der Waals surface area contributed by atoms with Crippen LogP contribution in [0.1, 0.15) is 29.4 Å². The van der Waals surface area contributed by atoms with Gasteiger partial charge < -0.3 is 10.1 Å². The lowest BCUT2D eigenvalue weighted by Gasteiger charge is -2.13. The number of nitrogens with zero attached hydrogens (tertiary/aromatic N) is 2. The van der Waals surface area contributed by atoms with E-state index in [9.17, 15) is 0 Å². The highest BCUT2D eigenvalue weighted by molar-refractivity contribution is 7.09. The summed E-state index contributed by atoms with van der Waals surface area (Å²) in [7, 11) is 1.73. The topological polar surface area (TPSA) is 47.0 Å². The van der Waals surface area contributed by atoms with E-state index in [1.807, 2.05) is 19.1 Å². The maximum Gasteiger partial charge on any atom is 0.203 e. The summed E-state index contributed by atoms with van der Waals surface area (Å²) in [6, 6.07) is 6.55. The van der Waals surface area contributed by atoms with E-state index in [0.717, 1.165) is 29.5 Å². The predicted octanol–water partition coefficient (Wildman–Crippen LogP) is 2.95. The van der Waals surface area contributed by atoms with Gasteiger partial charge in [-0.1, -0.05) is 12.1 Å². The Morgan fingerprint density at radius 3 is 3.06 bits per heavy atom. The molecule has 0 fully saturated rings. The van der Waals surface area contributed by atoms with Gasteiger partial charge in [-0.2, -0.15) is 4.37 Å². The number of nitrogens with one attached hydrogen (secondary N) is 1. The highest BCUT2D eigenvalue weighted by atomic mass is 32.1. The second-order valence-corrected chi connectivity index (χ2v) is 5.16. The number of rotatable bonds is 3. The van der Waals surface area contributed by atoms with E-state index < -0.39 is 0 Å². The van der Waals surface area contributed by atoms with Gasteiger partial charge in [0.15, 0.2) is 0 Å². The zero-order chi connectivity index (χ0) is 12.5. The normalized spacial score (nSPS) is 17.6. The van der Waals surface area contributed by atoms with Gasteiger partial charge >= 0.3 is 0 Å².